The van der Waals surface area contributed by atoms with Crippen LogP contribution >= 0.6 is 0 Å². The average molecular weight is 319 g/mol. The fraction of sp³-hybridized carbons (Fsp3) is 0.824. The van der Waals surface area contributed by atoms with E-state index in [2.05, 4.69) is 33.5 Å². The summed E-state index contributed by atoms with van der Waals surface area (Å²) in [6.07, 6.45) is 3.15. The van der Waals surface area contributed by atoms with E-state index in [1.807, 2.05) is 4.90 Å². The van der Waals surface area contributed by atoms with Gasteiger partial charge in [0.05, 0.1) is 0 Å². The predicted molar refractivity (Wildman–Crippen MR) is 89.2 cm³/mol. The van der Waals surface area contributed by atoms with Gasteiger partial charge in [0.25, 0.3) is 0 Å². The lowest BCUT2D eigenvalue weighted by Crippen LogP contribution is -2.36. The fourth-order valence-electron chi connectivity index (χ4n) is 3.85. The van der Waals surface area contributed by atoms with Crippen molar-refractivity contribution in [3.63, 3.8) is 0 Å². The molecule has 23 heavy (non-hydrogen) atoms. The van der Waals surface area contributed by atoms with Crippen LogP contribution in [0.5, 0.6) is 0 Å². The molecule has 6 nitrogen and oxygen atoms in total. The Balaban J connectivity index is 1.65. The van der Waals surface area contributed by atoms with Gasteiger partial charge in [-0.3, -0.25) is 4.79 Å². The normalized spacial score (nSPS) is 20.6. The van der Waals surface area contributed by atoms with Crippen molar-refractivity contribution in [3.8, 4) is 0 Å². The smallest absolute Gasteiger partial charge is 0.219 e. The number of carbonyl (C=O) groups is 1. The molecule has 2 aliphatic heterocycles. The largest absolute Gasteiger partial charge is 0.341 e. The van der Waals surface area contributed by atoms with Crippen LogP contribution in [0, 0.1) is 5.92 Å². The molecule has 0 bridgehead atoms. The van der Waals surface area contributed by atoms with Gasteiger partial charge < -0.3 is 14.4 Å². The minimum atomic E-state index is 0.159. The maximum Gasteiger partial charge on any atom is 0.219 e. The lowest BCUT2D eigenvalue weighted by atomic mass is 9.95. The minimum absolute atomic E-state index is 0.159. The van der Waals surface area contributed by atoms with Crippen LogP contribution in [0.1, 0.15) is 51.2 Å². The van der Waals surface area contributed by atoms with Crippen molar-refractivity contribution < 1.29 is 4.79 Å². The third kappa shape index (κ3) is 3.74. The lowest BCUT2D eigenvalue weighted by Gasteiger charge is -2.32. The van der Waals surface area contributed by atoms with Crippen LogP contribution in [0.15, 0.2) is 0 Å². The van der Waals surface area contributed by atoms with E-state index >= 15 is 0 Å². The summed E-state index contributed by atoms with van der Waals surface area (Å²) in [5.41, 5.74) is 0. The predicted octanol–water partition coefficient (Wildman–Crippen LogP) is 1.52. The highest BCUT2D eigenvalue weighted by Crippen LogP contribution is 2.28. The molecule has 1 aromatic heterocycles. The van der Waals surface area contributed by atoms with Crippen molar-refractivity contribution >= 4 is 5.91 Å². The topological polar surface area (TPSA) is 54.3 Å². The molecule has 1 amide bonds. The molecular formula is C17H29N5O. The van der Waals surface area contributed by atoms with Crippen molar-refractivity contribution in [2.75, 3.05) is 32.7 Å². The van der Waals surface area contributed by atoms with Gasteiger partial charge in [-0.2, -0.15) is 0 Å². The highest BCUT2D eigenvalue weighted by molar-refractivity contribution is 5.73. The second kappa shape index (κ2) is 6.99. The Kier molecular flexibility index (Phi) is 4.99. The van der Waals surface area contributed by atoms with Crippen molar-refractivity contribution in [1.82, 2.24) is 24.6 Å². The molecule has 0 spiro atoms. The Hall–Kier alpha value is -1.43. The van der Waals surface area contributed by atoms with Crippen LogP contribution in [0.4, 0.5) is 0 Å². The van der Waals surface area contributed by atoms with Crippen LogP contribution in [-0.4, -0.2) is 63.2 Å². The van der Waals surface area contributed by atoms with Gasteiger partial charge in [0, 0.05) is 45.4 Å². The summed E-state index contributed by atoms with van der Waals surface area (Å²) in [7, 11) is 0. The van der Waals surface area contributed by atoms with Crippen LogP contribution in [-0.2, 0) is 17.8 Å². The molecule has 1 fully saturated rings. The Bertz CT molecular complexity index is 545. The van der Waals surface area contributed by atoms with Crippen molar-refractivity contribution in [3.05, 3.63) is 11.6 Å². The van der Waals surface area contributed by atoms with E-state index in [0.29, 0.717) is 5.92 Å². The van der Waals surface area contributed by atoms with E-state index in [1.165, 1.54) is 19.4 Å². The van der Waals surface area contributed by atoms with Gasteiger partial charge in [-0.15, -0.1) is 10.2 Å². The van der Waals surface area contributed by atoms with Crippen LogP contribution in [0.2, 0.25) is 0 Å². The van der Waals surface area contributed by atoms with E-state index < -0.39 is 0 Å². The van der Waals surface area contributed by atoms with Gasteiger partial charge in [0.15, 0.2) is 0 Å². The van der Waals surface area contributed by atoms with Crippen LogP contribution < -0.4 is 0 Å². The Morgan fingerprint density at radius 2 is 1.87 bits per heavy atom. The molecular weight excluding hydrogens is 290 g/mol. The van der Waals surface area contributed by atoms with Gasteiger partial charge >= 0.3 is 0 Å². The summed E-state index contributed by atoms with van der Waals surface area (Å²) >= 11 is 0. The molecule has 1 aromatic rings. The molecule has 0 aliphatic carbocycles. The molecule has 0 aromatic carbocycles. The first-order chi connectivity index (χ1) is 11.0. The summed E-state index contributed by atoms with van der Waals surface area (Å²) in [5.74, 6) is 3.60. The quantitative estimate of drug-likeness (QED) is 0.847. The summed E-state index contributed by atoms with van der Waals surface area (Å²) in [5, 5.41) is 8.92. The highest BCUT2D eigenvalue weighted by Gasteiger charge is 2.27. The number of piperidine rings is 1. The summed E-state index contributed by atoms with van der Waals surface area (Å²) in [6, 6.07) is 0. The number of likely N-dealkylation sites (tertiary alicyclic amines) is 1. The van der Waals surface area contributed by atoms with Gasteiger partial charge in [0.1, 0.15) is 11.6 Å². The zero-order valence-corrected chi connectivity index (χ0v) is 14.7. The number of amides is 1. The fourth-order valence-corrected chi connectivity index (χ4v) is 3.85. The van der Waals surface area contributed by atoms with E-state index in [0.717, 1.165) is 56.7 Å². The molecule has 3 heterocycles. The molecule has 0 unspecified atom stereocenters. The molecule has 6 heteroatoms. The Labute approximate surface area is 138 Å². The van der Waals surface area contributed by atoms with E-state index in [9.17, 15) is 4.79 Å². The number of aromatic nitrogens is 3. The van der Waals surface area contributed by atoms with E-state index in [4.69, 9.17) is 0 Å². The molecule has 0 radical (unpaired) electrons. The summed E-state index contributed by atoms with van der Waals surface area (Å²) in [4.78, 5) is 16.1. The van der Waals surface area contributed by atoms with Crippen LogP contribution in [0.3, 0.4) is 0 Å². The Morgan fingerprint density at radius 1 is 1.13 bits per heavy atom. The average Bonchev–Trinajstić information content (AvgIpc) is 2.78. The number of rotatable bonds is 3. The lowest BCUT2D eigenvalue weighted by molar-refractivity contribution is -0.128. The molecule has 0 saturated carbocycles. The zero-order valence-electron chi connectivity index (χ0n) is 14.7. The summed E-state index contributed by atoms with van der Waals surface area (Å²) in [6.45, 7) is 12.1. The van der Waals surface area contributed by atoms with E-state index in [1.54, 1.807) is 6.92 Å². The molecule has 2 aliphatic rings. The molecule has 0 atom stereocenters. The zero-order chi connectivity index (χ0) is 16.4. The van der Waals surface area contributed by atoms with Gasteiger partial charge in [-0.25, -0.2) is 0 Å². The standard InChI is InChI=1S/C17H29N5O/c1-13(2)12-20-7-4-15(5-8-20)17-19-18-16-6-9-21(14(3)23)10-11-22(16)17/h13,15H,4-12H2,1-3H3. The number of fused-ring (bicyclic) bond motifs is 1. The van der Waals surface area contributed by atoms with Crippen molar-refractivity contribution in [2.24, 2.45) is 5.92 Å². The monoisotopic (exact) mass is 319 g/mol. The second-order valence-corrected chi connectivity index (χ2v) is 7.35. The minimum Gasteiger partial charge on any atom is -0.341 e. The number of nitrogens with zero attached hydrogens (tertiary/aromatic N) is 5. The van der Waals surface area contributed by atoms with E-state index in [-0.39, 0.29) is 5.91 Å². The van der Waals surface area contributed by atoms with Crippen molar-refractivity contribution in [2.45, 2.75) is 52.5 Å². The number of carbonyl (C=O) groups excluding carboxylic acids is 1. The molecule has 0 N–H and O–H groups in total. The molecule has 3 rings (SSSR count). The first kappa shape index (κ1) is 16.4. The van der Waals surface area contributed by atoms with Crippen molar-refractivity contribution in [1.29, 1.82) is 0 Å². The molecule has 128 valence electrons. The van der Waals surface area contributed by atoms with Gasteiger partial charge in [-0.05, 0) is 31.8 Å². The van der Waals surface area contributed by atoms with Crippen LogP contribution in [0.25, 0.3) is 0 Å². The SMILES string of the molecule is CC(=O)N1CCc2nnc(C3CCN(CC(C)C)CC3)n2CC1. The summed E-state index contributed by atoms with van der Waals surface area (Å²) < 4.78 is 2.28. The molecule has 1 saturated heterocycles. The second-order valence-electron chi connectivity index (χ2n) is 7.35. The first-order valence-corrected chi connectivity index (χ1v) is 8.94. The first-order valence-electron chi connectivity index (χ1n) is 8.94. The Morgan fingerprint density at radius 3 is 2.52 bits per heavy atom. The highest BCUT2D eigenvalue weighted by atomic mass is 16.2. The maximum absolute atomic E-state index is 11.6. The van der Waals surface area contributed by atoms with Gasteiger partial charge in [-0.1, -0.05) is 13.8 Å². The maximum atomic E-state index is 11.6. The third-order valence-corrected chi connectivity index (χ3v) is 5.08. The number of hydrogen-bond acceptors (Lipinski definition) is 4. The third-order valence-electron chi connectivity index (χ3n) is 5.08. The van der Waals surface area contributed by atoms with Gasteiger partial charge in [0.2, 0.25) is 5.91 Å². The number of hydrogen-bond donors (Lipinski definition) is 0.